The van der Waals surface area contributed by atoms with Gasteiger partial charge in [-0.1, -0.05) is 11.6 Å². The number of nitrogen functional groups attached to an aromatic ring is 1. The van der Waals surface area contributed by atoms with E-state index in [1.165, 1.54) is 0 Å². The van der Waals surface area contributed by atoms with Gasteiger partial charge in [0.2, 0.25) is 0 Å². The maximum Gasteiger partial charge on any atom is 0.129 e. The Hall–Kier alpha value is -0.800. The second-order valence-corrected chi connectivity index (χ2v) is 2.26. The van der Waals surface area contributed by atoms with Crippen LogP contribution in [0.15, 0.2) is 12.1 Å². The van der Waals surface area contributed by atoms with Crippen molar-refractivity contribution in [2.24, 2.45) is 5.73 Å². The zero-order valence-corrected chi connectivity index (χ0v) is 6.10. The van der Waals surface area contributed by atoms with Gasteiger partial charge in [0.15, 0.2) is 0 Å². The van der Waals surface area contributed by atoms with Crippen LogP contribution in [0, 0.1) is 0 Å². The number of halogens is 1. The second-order valence-electron chi connectivity index (χ2n) is 1.87. The fraction of sp³-hybridized carbons (Fsp3) is 0.167. The van der Waals surface area contributed by atoms with Gasteiger partial charge in [0.25, 0.3) is 0 Å². The first-order valence-electron chi connectivity index (χ1n) is 2.85. The van der Waals surface area contributed by atoms with Gasteiger partial charge in [-0.2, -0.15) is 0 Å². The molecular formula is C6H8ClN3. The molecule has 0 aliphatic carbocycles. The van der Waals surface area contributed by atoms with Crippen LogP contribution >= 0.6 is 11.6 Å². The monoisotopic (exact) mass is 157 g/mol. The molecule has 0 amide bonds. The minimum atomic E-state index is 0.326. The fourth-order valence-corrected chi connectivity index (χ4v) is 0.814. The number of aromatic nitrogens is 1. The molecule has 1 aromatic rings. The lowest BCUT2D eigenvalue weighted by Crippen LogP contribution is -2.03. The minimum Gasteiger partial charge on any atom is -0.397 e. The van der Waals surface area contributed by atoms with Gasteiger partial charge < -0.3 is 11.5 Å². The molecule has 0 radical (unpaired) electrons. The third-order valence-electron chi connectivity index (χ3n) is 1.17. The van der Waals surface area contributed by atoms with E-state index in [-0.39, 0.29) is 0 Å². The highest BCUT2D eigenvalue weighted by atomic mass is 35.5. The Morgan fingerprint density at radius 3 is 2.70 bits per heavy atom. The van der Waals surface area contributed by atoms with Crippen LogP contribution in [-0.4, -0.2) is 4.98 Å². The molecule has 4 N–H and O–H groups in total. The first kappa shape index (κ1) is 7.31. The van der Waals surface area contributed by atoms with Gasteiger partial charge in [-0.15, -0.1) is 0 Å². The van der Waals surface area contributed by atoms with Crippen LogP contribution in [0.2, 0.25) is 5.15 Å². The third kappa shape index (κ3) is 1.37. The normalized spacial score (nSPS) is 9.80. The topological polar surface area (TPSA) is 64.9 Å². The van der Waals surface area contributed by atoms with Gasteiger partial charge in [-0.25, -0.2) is 4.98 Å². The quantitative estimate of drug-likeness (QED) is 0.592. The first-order chi connectivity index (χ1) is 4.74. The Morgan fingerprint density at radius 2 is 2.20 bits per heavy atom. The van der Waals surface area contributed by atoms with Crippen molar-refractivity contribution in [3.8, 4) is 0 Å². The maximum absolute atomic E-state index is 5.57. The Labute approximate surface area is 64.0 Å². The molecule has 0 saturated carbocycles. The van der Waals surface area contributed by atoms with Gasteiger partial charge in [-0.3, -0.25) is 0 Å². The molecule has 0 aromatic carbocycles. The van der Waals surface area contributed by atoms with E-state index in [2.05, 4.69) is 4.98 Å². The summed E-state index contributed by atoms with van der Waals surface area (Å²) in [5.41, 5.74) is 12.1. The first-order valence-corrected chi connectivity index (χ1v) is 3.23. The summed E-state index contributed by atoms with van der Waals surface area (Å²) in [7, 11) is 0. The number of hydrogen-bond acceptors (Lipinski definition) is 3. The van der Waals surface area contributed by atoms with Crippen molar-refractivity contribution < 1.29 is 0 Å². The molecule has 0 spiro atoms. The summed E-state index contributed by atoms with van der Waals surface area (Å²) in [5.74, 6) is 0. The van der Waals surface area contributed by atoms with E-state index in [1.807, 2.05) is 0 Å². The van der Waals surface area contributed by atoms with E-state index in [1.54, 1.807) is 12.1 Å². The Bertz CT molecular complexity index is 236. The summed E-state index contributed by atoms with van der Waals surface area (Å²) in [5, 5.41) is 0.426. The molecule has 4 heteroatoms. The van der Waals surface area contributed by atoms with Crippen molar-refractivity contribution in [2.75, 3.05) is 5.73 Å². The van der Waals surface area contributed by atoms with Gasteiger partial charge in [-0.05, 0) is 12.1 Å². The average Bonchev–Trinajstić information content (AvgIpc) is 1.94. The van der Waals surface area contributed by atoms with Crippen molar-refractivity contribution in [2.45, 2.75) is 6.54 Å². The van der Waals surface area contributed by atoms with Gasteiger partial charge in [0.05, 0.1) is 11.4 Å². The molecule has 3 nitrogen and oxygen atoms in total. The van der Waals surface area contributed by atoms with Gasteiger partial charge in [0.1, 0.15) is 5.15 Å². The van der Waals surface area contributed by atoms with Gasteiger partial charge >= 0.3 is 0 Å². The fourth-order valence-electron chi connectivity index (χ4n) is 0.649. The standard InChI is InChI=1S/C6H8ClN3/c7-6-2-1-4(9)5(3-8)10-6/h1-2H,3,8-9H2. The maximum atomic E-state index is 5.57. The van der Waals surface area contributed by atoms with E-state index in [9.17, 15) is 0 Å². The molecule has 10 heavy (non-hydrogen) atoms. The molecule has 1 heterocycles. The third-order valence-corrected chi connectivity index (χ3v) is 1.38. The van der Waals surface area contributed by atoms with E-state index in [0.29, 0.717) is 23.1 Å². The summed E-state index contributed by atoms with van der Waals surface area (Å²) < 4.78 is 0. The van der Waals surface area contributed by atoms with Crippen LogP contribution in [0.5, 0.6) is 0 Å². The molecular weight excluding hydrogens is 150 g/mol. The highest BCUT2D eigenvalue weighted by Gasteiger charge is 1.97. The highest BCUT2D eigenvalue weighted by molar-refractivity contribution is 6.29. The number of pyridine rings is 1. The highest BCUT2D eigenvalue weighted by Crippen LogP contribution is 2.11. The largest absolute Gasteiger partial charge is 0.397 e. The van der Waals surface area contributed by atoms with E-state index >= 15 is 0 Å². The van der Waals surface area contributed by atoms with Crippen molar-refractivity contribution in [3.63, 3.8) is 0 Å². The van der Waals surface area contributed by atoms with E-state index in [4.69, 9.17) is 23.1 Å². The zero-order chi connectivity index (χ0) is 7.56. The lowest BCUT2D eigenvalue weighted by molar-refractivity contribution is 0.996. The van der Waals surface area contributed by atoms with Crippen LogP contribution < -0.4 is 11.5 Å². The average molecular weight is 158 g/mol. The van der Waals surface area contributed by atoms with E-state index in [0.717, 1.165) is 0 Å². The van der Waals surface area contributed by atoms with Crippen LogP contribution in [-0.2, 0) is 6.54 Å². The minimum absolute atomic E-state index is 0.326. The number of nitrogens with two attached hydrogens (primary N) is 2. The Kier molecular flexibility index (Phi) is 2.09. The number of nitrogens with zero attached hydrogens (tertiary/aromatic N) is 1. The Morgan fingerprint density at radius 1 is 1.50 bits per heavy atom. The molecule has 0 bridgehead atoms. The summed E-state index contributed by atoms with van der Waals surface area (Å²) in [6, 6.07) is 3.33. The lowest BCUT2D eigenvalue weighted by atomic mass is 10.3. The van der Waals surface area contributed by atoms with Crippen molar-refractivity contribution in [3.05, 3.63) is 23.0 Å². The molecule has 0 fully saturated rings. The number of anilines is 1. The van der Waals surface area contributed by atoms with Gasteiger partial charge in [0, 0.05) is 6.54 Å². The summed E-state index contributed by atoms with van der Waals surface area (Å²) >= 11 is 5.57. The summed E-state index contributed by atoms with van der Waals surface area (Å²) in [6.45, 7) is 0.326. The van der Waals surface area contributed by atoms with E-state index < -0.39 is 0 Å². The molecule has 0 aliphatic heterocycles. The van der Waals surface area contributed by atoms with Crippen molar-refractivity contribution in [1.29, 1.82) is 0 Å². The summed E-state index contributed by atoms with van der Waals surface area (Å²) in [6.07, 6.45) is 0. The van der Waals surface area contributed by atoms with Crippen LogP contribution in [0.1, 0.15) is 5.69 Å². The second kappa shape index (κ2) is 2.86. The van der Waals surface area contributed by atoms with Crippen LogP contribution in [0.4, 0.5) is 5.69 Å². The van der Waals surface area contributed by atoms with Crippen LogP contribution in [0.3, 0.4) is 0 Å². The molecule has 0 atom stereocenters. The number of hydrogen-bond donors (Lipinski definition) is 2. The SMILES string of the molecule is NCc1nc(Cl)ccc1N. The predicted octanol–water partition coefficient (Wildman–Crippen LogP) is 0.776. The molecule has 0 saturated heterocycles. The lowest BCUT2D eigenvalue weighted by Gasteiger charge is -1.99. The van der Waals surface area contributed by atoms with Crippen molar-refractivity contribution >= 4 is 17.3 Å². The molecule has 1 rings (SSSR count). The predicted molar refractivity (Wildman–Crippen MR) is 41.6 cm³/mol. The summed E-state index contributed by atoms with van der Waals surface area (Å²) in [4.78, 5) is 3.91. The molecule has 1 aromatic heterocycles. The molecule has 0 aliphatic rings. The van der Waals surface area contributed by atoms with Crippen LogP contribution in [0.25, 0.3) is 0 Å². The number of rotatable bonds is 1. The molecule has 0 unspecified atom stereocenters. The molecule has 54 valence electrons. The Balaban J connectivity index is 3.09. The smallest absolute Gasteiger partial charge is 0.129 e. The van der Waals surface area contributed by atoms with Crippen molar-refractivity contribution in [1.82, 2.24) is 4.98 Å². The zero-order valence-electron chi connectivity index (χ0n) is 5.34.